The van der Waals surface area contributed by atoms with Gasteiger partial charge in [-0.3, -0.25) is 0 Å². The fourth-order valence-corrected chi connectivity index (χ4v) is 3.96. The number of hydrogen-bond acceptors (Lipinski definition) is 3. The van der Waals surface area contributed by atoms with Crippen LogP contribution >= 0.6 is 11.6 Å². The molecule has 0 spiro atoms. The first kappa shape index (κ1) is 19.6. The summed E-state index contributed by atoms with van der Waals surface area (Å²) in [5.74, 6) is 0.593. The Bertz CT molecular complexity index is 1090. The van der Waals surface area contributed by atoms with Crippen LogP contribution in [0.4, 0.5) is 13.2 Å². The molecular weight excluding hydrogens is 403 g/mol. The van der Waals surface area contributed by atoms with Crippen molar-refractivity contribution in [3.8, 4) is 22.9 Å². The highest BCUT2D eigenvalue weighted by Crippen LogP contribution is 2.35. The van der Waals surface area contributed by atoms with E-state index < -0.39 is 12.6 Å². The van der Waals surface area contributed by atoms with Gasteiger partial charge in [0.1, 0.15) is 17.4 Å². The molecule has 4 rings (SSSR count). The summed E-state index contributed by atoms with van der Waals surface area (Å²) in [6.45, 7) is 0. The lowest BCUT2D eigenvalue weighted by Crippen LogP contribution is -2.13. The van der Waals surface area contributed by atoms with Crippen molar-refractivity contribution in [3.05, 3.63) is 52.9 Å². The Morgan fingerprint density at radius 2 is 2.00 bits per heavy atom. The monoisotopic (exact) mass is 419 g/mol. The summed E-state index contributed by atoms with van der Waals surface area (Å²) >= 11 is 6.39. The molecule has 0 amide bonds. The molecule has 1 aromatic carbocycles. The summed E-state index contributed by atoms with van der Waals surface area (Å²) in [7, 11) is 0. The predicted octanol–water partition coefficient (Wildman–Crippen LogP) is 5.95. The van der Waals surface area contributed by atoms with Gasteiger partial charge in [-0.15, -0.1) is 0 Å². The van der Waals surface area contributed by atoms with Gasteiger partial charge in [-0.05, 0) is 49.4 Å². The molecule has 0 aliphatic heterocycles. The number of pyridine rings is 1. The van der Waals surface area contributed by atoms with Gasteiger partial charge < -0.3 is 9.14 Å². The predicted molar refractivity (Wildman–Crippen MR) is 103 cm³/mol. The number of nitriles is 1. The van der Waals surface area contributed by atoms with Crippen LogP contribution in [-0.4, -0.2) is 21.7 Å². The van der Waals surface area contributed by atoms with Crippen LogP contribution in [0.2, 0.25) is 5.02 Å². The molecular formula is C21H17ClF3N3O. The lowest BCUT2D eigenvalue weighted by Gasteiger charge is -2.15. The minimum absolute atomic E-state index is 0.0195. The van der Waals surface area contributed by atoms with Gasteiger partial charge in [-0.2, -0.15) is 18.4 Å². The van der Waals surface area contributed by atoms with Crippen LogP contribution in [0.15, 0.2) is 36.7 Å². The quantitative estimate of drug-likeness (QED) is 0.524. The fraction of sp³-hybridized carbons (Fsp3) is 0.333. The first-order valence-corrected chi connectivity index (χ1v) is 9.66. The standard InChI is InChI=1S/C21H17ClF3N3O/c22-18-9-13(5-6-19(18)29-15-3-1-2-4-15)16-7-8-28-14(10-21(23,24)25)12-27-20(28)17(16)11-26/h5-9,12,15H,1-4,10H2. The van der Waals surface area contributed by atoms with E-state index >= 15 is 0 Å². The summed E-state index contributed by atoms with van der Waals surface area (Å²) in [6, 6.07) is 8.94. The summed E-state index contributed by atoms with van der Waals surface area (Å²) in [5.41, 5.74) is 1.59. The van der Waals surface area contributed by atoms with E-state index in [2.05, 4.69) is 11.1 Å². The summed E-state index contributed by atoms with van der Waals surface area (Å²) in [4.78, 5) is 4.05. The zero-order chi connectivity index (χ0) is 20.6. The highest BCUT2D eigenvalue weighted by molar-refractivity contribution is 6.32. The van der Waals surface area contributed by atoms with Crippen molar-refractivity contribution in [1.29, 1.82) is 5.26 Å². The number of alkyl halides is 3. The van der Waals surface area contributed by atoms with Crippen LogP contribution in [0.1, 0.15) is 36.9 Å². The summed E-state index contributed by atoms with van der Waals surface area (Å²) in [6.07, 6.45) is 1.65. The molecule has 3 aromatic rings. The Balaban J connectivity index is 1.70. The van der Waals surface area contributed by atoms with E-state index in [1.807, 2.05) is 0 Å². The van der Waals surface area contributed by atoms with Gasteiger partial charge in [0.15, 0.2) is 5.65 Å². The summed E-state index contributed by atoms with van der Waals surface area (Å²) in [5, 5.41) is 10.1. The highest BCUT2D eigenvalue weighted by atomic mass is 35.5. The number of rotatable bonds is 4. The average Bonchev–Trinajstić information content (AvgIpc) is 3.31. The van der Waals surface area contributed by atoms with E-state index in [1.165, 1.54) is 10.6 Å². The third-order valence-electron chi connectivity index (χ3n) is 5.09. The molecule has 0 N–H and O–H groups in total. The zero-order valence-electron chi connectivity index (χ0n) is 15.3. The van der Waals surface area contributed by atoms with Crippen molar-refractivity contribution in [2.75, 3.05) is 0 Å². The lowest BCUT2D eigenvalue weighted by atomic mass is 10.0. The van der Waals surface area contributed by atoms with Gasteiger partial charge in [0.25, 0.3) is 0 Å². The van der Waals surface area contributed by atoms with Crippen LogP contribution < -0.4 is 4.74 Å². The third-order valence-corrected chi connectivity index (χ3v) is 5.38. The van der Waals surface area contributed by atoms with Crippen LogP contribution in [0, 0.1) is 11.3 Å². The SMILES string of the molecule is N#Cc1c(-c2ccc(OC3CCCC3)c(Cl)c2)ccn2c(CC(F)(F)F)cnc12. The second-order valence-electron chi connectivity index (χ2n) is 7.12. The van der Waals surface area contributed by atoms with E-state index in [0.29, 0.717) is 21.9 Å². The molecule has 29 heavy (non-hydrogen) atoms. The van der Waals surface area contributed by atoms with Gasteiger partial charge >= 0.3 is 6.18 Å². The molecule has 0 radical (unpaired) electrons. The van der Waals surface area contributed by atoms with Crippen LogP contribution in [-0.2, 0) is 6.42 Å². The maximum atomic E-state index is 12.8. The van der Waals surface area contributed by atoms with Crippen molar-refractivity contribution >= 4 is 17.2 Å². The minimum Gasteiger partial charge on any atom is -0.489 e. The Morgan fingerprint density at radius 3 is 2.66 bits per heavy atom. The van der Waals surface area contributed by atoms with Crippen LogP contribution in [0.3, 0.4) is 0 Å². The van der Waals surface area contributed by atoms with Crippen LogP contribution in [0.5, 0.6) is 5.75 Å². The molecule has 4 nitrogen and oxygen atoms in total. The van der Waals surface area contributed by atoms with E-state index in [4.69, 9.17) is 16.3 Å². The molecule has 1 fully saturated rings. The second kappa shape index (κ2) is 7.60. The van der Waals surface area contributed by atoms with Gasteiger partial charge in [0, 0.05) is 18.0 Å². The number of benzene rings is 1. The van der Waals surface area contributed by atoms with Gasteiger partial charge in [0.2, 0.25) is 0 Å². The highest BCUT2D eigenvalue weighted by Gasteiger charge is 2.30. The Labute approximate surface area is 170 Å². The molecule has 8 heteroatoms. The smallest absolute Gasteiger partial charge is 0.394 e. The van der Waals surface area contributed by atoms with E-state index in [-0.39, 0.29) is 23.0 Å². The number of hydrogen-bond donors (Lipinski definition) is 0. The van der Waals surface area contributed by atoms with Gasteiger partial charge in [-0.1, -0.05) is 17.7 Å². The first-order valence-electron chi connectivity index (χ1n) is 9.28. The molecule has 1 aliphatic rings. The van der Waals surface area contributed by atoms with Gasteiger partial charge in [-0.25, -0.2) is 4.98 Å². The molecule has 1 aliphatic carbocycles. The van der Waals surface area contributed by atoms with Crippen molar-refractivity contribution < 1.29 is 17.9 Å². The molecule has 0 bridgehead atoms. The Hall–Kier alpha value is -2.72. The molecule has 2 aromatic heterocycles. The molecule has 1 saturated carbocycles. The maximum Gasteiger partial charge on any atom is 0.394 e. The van der Waals surface area contributed by atoms with Crippen molar-refractivity contribution in [2.24, 2.45) is 0 Å². The third kappa shape index (κ3) is 4.03. The lowest BCUT2D eigenvalue weighted by molar-refractivity contribution is -0.127. The van der Waals surface area contributed by atoms with Crippen LogP contribution in [0.25, 0.3) is 16.8 Å². The number of halogens is 4. The number of imidazole rings is 1. The zero-order valence-corrected chi connectivity index (χ0v) is 16.1. The topological polar surface area (TPSA) is 50.3 Å². The van der Waals surface area contributed by atoms with Crippen molar-refractivity contribution in [3.63, 3.8) is 0 Å². The van der Waals surface area contributed by atoms with Crippen molar-refractivity contribution in [1.82, 2.24) is 9.38 Å². The Morgan fingerprint density at radius 1 is 1.24 bits per heavy atom. The van der Waals surface area contributed by atoms with E-state index in [9.17, 15) is 18.4 Å². The number of aromatic nitrogens is 2. The van der Waals surface area contributed by atoms with E-state index in [1.54, 1.807) is 24.3 Å². The average molecular weight is 420 g/mol. The molecule has 0 saturated heterocycles. The van der Waals surface area contributed by atoms with Crippen molar-refractivity contribution in [2.45, 2.75) is 44.4 Å². The molecule has 2 heterocycles. The maximum absolute atomic E-state index is 12.8. The number of ether oxygens (including phenoxy) is 1. The normalized spacial score (nSPS) is 15.0. The van der Waals surface area contributed by atoms with Gasteiger partial charge in [0.05, 0.1) is 23.2 Å². The Kier molecular flexibility index (Phi) is 5.13. The summed E-state index contributed by atoms with van der Waals surface area (Å²) < 4.78 is 45.6. The first-order chi connectivity index (χ1) is 13.9. The largest absolute Gasteiger partial charge is 0.489 e. The second-order valence-corrected chi connectivity index (χ2v) is 7.53. The molecule has 0 atom stereocenters. The number of nitrogens with zero attached hydrogens (tertiary/aromatic N) is 3. The number of fused-ring (bicyclic) bond motifs is 1. The minimum atomic E-state index is -4.36. The fourth-order valence-electron chi connectivity index (χ4n) is 3.74. The molecule has 0 unspecified atom stereocenters. The van der Waals surface area contributed by atoms with E-state index in [0.717, 1.165) is 31.9 Å². The molecule has 150 valence electrons.